The minimum Gasteiger partial charge on any atom is -0.455 e. The summed E-state index contributed by atoms with van der Waals surface area (Å²) in [4.78, 5) is 0. The maximum atomic E-state index is 6.60. The molecule has 12 rings (SSSR count). The summed E-state index contributed by atoms with van der Waals surface area (Å²) in [5.74, 6) is 1.57. The number of hydrogen-bond acceptors (Lipinski definition) is 3. The zero-order valence-electron chi connectivity index (χ0n) is 30.0. The van der Waals surface area contributed by atoms with Gasteiger partial charge < -0.3 is 13.6 Å². The summed E-state index contributed by atoms with van der Waals surface area (Å²) < 4.78 is 13.5. The fourth-order valence-electron chi connectivity index (χ4n) is 8.81. The number of hydrogen-bond donors (Lipinski definition) is 0. The van der Waals surface area contributed by atoms with Crippen molar-refractivity contribution in [1.82, 2.24) is 23.9 Å². The molecular formula is C50H31N5O. The smallest absolute Gasteiger partial charge is 0.171 e. The largest absolute Gasteiger partial charge is 0.455 e. The molecule has 6 heteroatoms. The van der Waals surface area contributed by atoms with Crippen LogP contribution < -0.4 is 0 Å². The van der Waals surface area contributed by atoms with Gasteiger partial charge in [-0.15, -0.1) is 10.2 Å². The summed E-state index contributed by atoms with van der Waals surface area (Å²) in [6.45, 7) is 0. The van der Waals surface area contributed by atoms with Gasteiger partial charge in [-0.05, 0) is 66.7 Å². The lowest BCUT2D eigenvalue weighted by molar-refractivity contribution is 0.673. The van der Waals surface area contributed by atoms with E-state index in [2.05, 4.69) is 171 Å². The van der Waals surface area contributed by atoms with E-state index in [1.807, 2.05) is 30.3 Å². The van der Waals surface area contributed by atoms with Crippen molar-refractivity contribution in [2.45, 2.75) is 0 Å². The number of nitrogens with zero attached hydrogens (tertiary/aromatic N) is 5. The van der Waals surface area contributed by atoms with Gasteiger partial charge in [0.25, 0.3) is 0 Å². The highest BCUT2D eigenvalue weighted by atomic mass is 16.3. The quantitative estimate of drug-likeness (QED) is 0.178. The fraction of sp³-hybridized carbons (Fsp3) is 0. The van der Waals surface area contributed by atoms with Crippen LogP contribution in [-0.4, -0.2) is 23.9 Å². The lowest BCUT2D eigenvalue weighted by Crippen LogP contribution is -2.02. The van der Waals surface area contributed by atoms with Gasteiger partial charge in [-0.25, -0.2) is 0 Å². The Morgan fingerprint density at radius 2 is 0.982 bits per heavy atom. The Balaban J connectivity index is 1.13. The van der Waals surface area contributed by atoms with Crippen molar-refractivity contribution in [3.63, 3.8) is 0 Å². The van der Waals surface area contributed by atoms with Crippen LogP contribution in [0.2, 0.25) is 0 Å². The normalized spacial score (nSPS) is 11.9. The van der Waals surface area contributed by atoms with E-state index in [1.54, 1.807) is 0 Å². The predicted octanol–water partition coefficient (Wildman–Crippen LogP) is 12.7. The van der Waals surface area contributed by atoms with Crippen LogP contribution in [0.4, 0.5) is 0 Å². The molecule has 0 atom stereocenters. The molecular weight excluding hydrogens is 687 g/mol. The average Bonchev–Trinajstić information content (AvgIpc) is 4.04. The second-order valence-electron chi connectivity index (χ2n) is 14.2. The Morgan fingerprint density at radius 1 is 0.375 bits per heavy atom. The molecule has 0 radical (unpaired) electrons. The van der Waals surface area contributed by atoms with Crippen LogP contribution in [0.1, 0.15) is 0 Å². The summed E-state index contributed by atoms with van der Waals surface area (Å²) in [5, 5.41) is 16.6. The van der Waals surface area contributed by atoms with Gasteiger partial charge in [0.2, 0.25) is 0 Å². The molecule has 8 aromatic carbocycles. The molecule has 0 amide bonds. The summed E-state index contributed by atoms with van der Waals surface area (Å²) in [6.07, 6.45) is 0. The first-order valence-electron chi connectivity index (χ1n) is 18.8. The number of benzene rings is 8. The van der Waals surface area contributed by atoms with E-state index in [-0.39, 0.29) is 0 Å². The maximum absolute atomic E-state index is 6.60. The summed E-state index contributed by atoms with van der Waals surface area (Å²) in [5.41, 5.74) is 11.3. The predicted molar refractivity (Wildman–Crippen MR) is 228 cm³/mol. The highest BCUT2D eigenvalue weighted by molar-refractivity contribution is 6.24. The van der Waals surface area contributed by atoms with Crippen molar-refractivity contribution >= 4 is 65.6 Å². The second kappa shape index (κ2) is 11.9. The molecule has 0 bridgehead atoms. The van der Waals surface area contributed by atoms with Crippen molar-refractivity contribution < 1.29 is 4.42 Å². The first-order valence-corrected chi connectivity index (χ1v) is 18.8. The van der Waals surface area contributed by atoms with Crippen molar-refractivity contribution in [3.05, 3.63) is 188 Å². The van der Waals surface area contributed by atoms with Crippen LogP contribution in [-0.2, 0) is 0 Å². The Labute approximate surface area is 320 Å². The third-order valence-corrected chi connectivity index (χ3v) is 11.2. The van der Waals surface area contributed by atoms with Crippen molar-refractivity contribution in [3.8, 4) is 39.8 Å². The summed E-state index contributed by atoms with van der Waals surface area (Å²) in [7, 11) is 0. The number of furan rings is 1. The Hall–Kier alpha value is -7.70. The molecule has 0 spiro atoms. The first-order chi connectivity index (χ1) is 27.8. The van der Waals surface area contributed by atoms with Gasteiger partial charge in [0.15, 0.2) is 11.6 Å². The van der Waals surface area contributed by atoms with Gasteiger partial charge in [-0.2, -0.15) is 0 Å². The van der Waals surface area contributed by atoms with Crippen LogP contribution in [0.15, 0.2) is 192 Å². The molecule has 0 saturated carbocycles. The van der Waals surface area contributed by atoms with Gasteiger partial charge >= 0.3 is 0 Å². The highest BCUT2D eigenvalue weighted by Gasteiger charge is 2.24. The Bertz CT molecular complexity index is 3480. The molecule has 56 heavy (non-hydrogen) atoms. The maximum Gasteiger partial charge on any atom is 0.171 e. The van der Waals surface area contributed by atoms with Crippen LogP contribution >= 0.6 is 0 Å². The number of fused-ring (bicyclic) bond motifs is 10. The molecule has 12 aromatic rings. The van der Waals surface area contributed by atoms with Crippen LogP contribution in [0, 0.1) is 0 Å². The van der Waals surface area contributed by atoms with Gasteiger partial charge in [-0.1, -0.05) is 121 Å². The van der Waals surface area contributed by atoms with Crippen molar-refractivity contribution in [2.75, 3.05) is 0 Å². The molecule has 6 nitrogen and oxygen atoms in total. The second-order valence-corrected chi connectivity index (χ2v) is 14.2. The molecule has 4 aromatic heterocycles. The Kier molecular flexibility index (Phi) is 6.53. The molecule has 0 aliphatic carbocycles. The molecule has 0 aliphatic rings. The van der Waals surface area contributed by atoms with Crippen LogP contribution in [0.25, 0.3) is 105 Å². The molecule has 0 aliphatic heterocycles. The molecule has 0 saturated heterocycles. The number of para-hydroxylation sites is 5. The van der Waals surface area contributed by atoms with E-state index in [0.29, 0.717) is 0 Å². The minimum absolute atomic E-state index is 0.776. The van der Waals surface area contributed by atoms with E-state index in [1.165, 1.54) is 5.39 Å². The van der Waals surface area contributed by atoms with Crippen molar-refractivity contribution in [2.24, 2.45) is 0 Å². The van der Waals surface area contributed by atoms with E-state index >= 15 is 0 Å². The monoisotopic (exact) mass is 717 g/mol. The van der Waals surface area contributed by atoms with Gasteiger partial charge in [0, 0.05) is 55.1 Å². The number of rotatable bonds is 5. The molecule has 0 N–H and O–H groups in total. The standard InChI is InChI=1S/C50H31N5O/c1-3-15-32(16-4-1)49-51-52-50(55(49)33-17-5-2-6-18-33)41-25-14-24-38-36-21-7-10-26-42(36)54(47(38)41)35-20-13-19-34(31-35)53-43-27-11-8-23-40(43)46-44(53)30-29-39-37-22-9-12-28-45(37)56-48(39)46/h1-31H. The minimum atomic E-state index is 0.776. The van der Waals surface area contributed by atoms with E-state index in [9.17, 15) is 0 Å². The van der Waals surface area contributed by atoms with E-state index < -0.39 is 0 Å². The van der Waals surface area contributed by atoms with E-state index in [0.717, 1.165) is 100 Å². The van der Waals surface area contributed by atoms with Gasteiger partial charge in [0.1, 0.15) is 11.2 Å². The Morgan fingerprint density at radius 3 is 1.80 bits per heavy atom. The lowest BCUT2D eigenvalue weighted by atomic mass is 10.1. The summed E-state index contributed by atoms with van der Waals surface area (Å²) in [6, 6.07) is 66.1. The SMILES string of the molecule is c1ccc(-c2nnc(-c3cccc4c5ccccc5n(-c5cccc(-n6c7ccccc7c7c8oc9ccccc9c8ccc76)c5)c34)n2-c2ccccc2)cc1. The summed E-state index contributed by atoms with van der Waals surface area (Å²) >= 11 is 0. The zero-order chi connectivity index (χ0) is 36.7. The lowest BCUT2D eigenvalue weighted by Gasteiger charge is -2.15. The average molecular weight is 718 g/mol. The molecule has 0 unspecified atom stereocenters. The highest BCUT2D eigenvalue weighted by Crippen LogP contribution is 2.42. The first kappa shape index (κ1) is 30.7. The fourth-order valence-corrected chi connectivity index (χ4v) is 8.81. The zero-order valence-corrected chi connectivity index (χ0v) is 30.0. The van der Waals surface area contributed by atoms with E-state index in [4.69, 9.17) is 14.6 Å². The number of aromatic nitrogens is 5. The molecule has 262 valence electrons. The van der Waals surface area contributed by atoms with Gasteiger partial charge in [-0.3, -0.25) is 4.57 Å². The third-order valence-electron chi connectivity index (χ3n) is 11.2. The van der Waals surface area contributed by atoms with Crippen LogP contribution in [0.5, 0.6) is 0 Å². The third kappa shape index (κ3) is 4.38. The molecule has 0 fully saturated rings. The molecule has 4 heterocycles. The van der Waals surface area contributed by atoms with Crippen molar-refractivity contribution in [1.29, 1.82) is 0 Å². The van der Waals surface area contributed by atoms with Crippen LogP contribution in [0.3, 0.4) is 0 Å². The van der Waals surface area contributed by atoms with Gasteiger partial charge in [0.05, 0.1) is 27.5 Å². The topological polar surface area (TPSA) is 53.7 Å².